The van der Waals surface area contributed by atoms with E-state index in [1.54, 1.807) is 48.8 Å². The van der Waals surface area contributed by atoms with Crippen molar-refractivity contribution >= 4 is 15.9 Å². The second-order valence-electron chi connectivity index (χ2n) is 7.14. The van der Waals surface area contributed by atoms with E-state index in [1.165, 1.54) is 0 Å². The number of carbonyl (C=O) groups excluding carboxylic acids is 1. The van der Waals surface area contributed by atoms with E-state index in [1.807, 2.05) is 11.8 Å². The largest absolute Gasteiger partial charge is 0.494 e. The van der Waals surface area contributed by atoms with E-state index in [0.29, 0.717) is 37.6 Å². The molecule has 3 rings (SSSR count). The summed E-state index contributed by atoms with van der Waals surface area (Å²) in [5.74, 6) is 0.868. The maximum absolute atomic E-state index is 12.5. The molecule has 0 radical (unpaired) electrons. The number of amides is 1. The van der Waals surface area contributed by atoms with Crippen LogP contribution < -0.4 is 9.46 Å². The predicted molar refractivity (Wildman–Crippen MR) is 110 cm³/mol. The highest BCUT2D eigenvalue weighted by atomic mass is 32.2. The third-order valence-electron chi connectivity index (χ3n) is 5.00. The van der Waals surface area contributed by atoms with Crippen molar-refractivity contribution in [2.45, 2.75) is 31.1 Å². The molecule has 2 heterocycles. The minimum Gasteiger partial charge on any atom is -0.494 e. The minimum absolute atomic E-state index is 0.00295. The molecule has 0 aliphatic carbocycles. The van der Waals surface area contributed by atoms with Crippen molar-refractivity contribution in [1.82, 2.24) is 14.6 Å². The molecule has 0 bridgehead atoms. The van der Waals surface area contributed by atoms with Crippen LogP contribution in [0.2, 0.25) is 0 Å². The molecule has 1 amide bonds. The Morgan fingerprint density at radius 2 is 1.79 bits per heavy atom. The number of nitrogens with zero attached hydrogens (tertiary/aromatic N) is 2. The van der Waals surface area contributed by atoms with Crippen molar-refractivity contribution in [2.24, 2.45) is 5.92 Å². The van der Waals surface area contributed by atoms with E-state index in [-0.39, 0.29) is 16.7 Å². The van der Waals surface area contributed by atoms with Crippen LogP contribution >= 0.6 is 0 Å². The Morgan fingerprint density at radius 3 is 2.41 bits per heavy atom. The molecule has 1 aromatic heterocycles. The molecule has 2 aromatic rings. The van der Waals surface area contributed by atoms with E-state index in [0.717, 1.165) is 19.3 Å². The predicted octanol–water partition coefficient (Wildman–Crippen LogP) is 2.70. The van der Waals surface area contributed by atoms with E-state index in [9.17, 15) is 13.2 Å². The van der Waals surface area contributed by atoms with Gasteiger partial charge in [0.1, 0.15) is 5.75 Å². The molecule has 8 heteroatoms. The summed E-state index contributed by atoms with van der Waals surface area (Å²) < 4.78 is 33.3. The highest BCUT2D eigenvalue weighted by Crippen LogP contribution is 2.20. The number of nitrogens with one attached hydrogen (secondary N) is 1. The van der Waals surface area contributed by atoms with Crippen LogP contribution in [0.25, 0.3) is 0 Å². The van der Waals surface area contributed by atoms with E-state index in [2.05, 4.69) is 9.71 Å². The first-order valence-electron chi connectivity index (χ1n) is 9.91. The molecular formula is C21H27N3O4S. The van der Waals surface area contributed by atoms with Gasteiger partial charge in [-0.2, -0.15) is 0 Å². The Kier molecular flexibility index (Phi) is 7.22. The van der Waals surface area contributed by atoms with Crippen LogP contribution in [0.1, 0.15) is 36.5 Å². The number of hydrogen-bond donors (Lipinski definition) is 1. The van der Waals surface area contributed by atoms with E-state index >= 15 is 0 Å². The molecule has 1 aliphatic rings. The maximum atomic E-state index is 12.5. The van der Waals surface area contributed by atoms with Gasteiger partial charge < -0.3 is 9.64 Å². The molecule has 29 heavy (non-hydrogen) atoms. The molecule has 1 fully saturated rings. The fraction of sp³-hybridized carbons (Fsp3) is 0.429. The molecule has 0 unspecified atom stereocenters. The second-order valence-corrected chi connectivity index (χ2v) is 8.91. The molecule has 0 spiro atoms. The zero-order valence-electron chi connectivity index (χ0n) is 16.6. The maximum Gasteiger partial charge on any atom is 0.253 e. The number of aromatic nitrogens is 1. The summed E-state index contributed by atoms with van der Waals surface area (Å²) in [6.45, 7) is 4.23. The average molecular weight is 418 g/mol. The fourth-order valence-corrected chi connectivity index (χ4v) is 4.38. The van der Waals surface area contributed by atoms with Gasteiger partial charge in [-0.25, -0.2) is 13.1 Å². The van der Waals surface area contributed by atoms with Gasteiger partial charge in [0, 0.05) is 37.6 Å². The molecule has 0 saturated carbocycles. The lowest BCUT2D eigenvalue weighted by molar-refractivity contribution is 0.0692. The Morgan fingerprint density at radius 1 is 1.14 bits per heavy atom. The van der Waals surface area contributed by atoms with Gasteiger partial charge in [0.2, 0.25) is 10.0 Å². The van der Waals surface area contributed by atoms with Gasteiger partial charge in [0.15, 0.2) is 0 Å². The Hall–Kier alpha value is -2.45. The van der Waals surface area contributed by atoms with Crippen LogP contribution in [0.15, 0.2) is 53.7 Å². The number of benzene rings is 1. The summed E-state index contributed by atoms with van der Waals surface area (Å²) in [7, 11) is -3.56. The van der Waals surface area contributed by atoms with Crippen LogP contribution in [-0.2, 0) is 10.0 Å². The summed E-state index contributed by atoms with van der Waals surface area (Å²) in [5.41, 5.74) is 0.630. The van der Waals surface area contributed by atoms with Crippen molar-refractivity contribution < 1.29 is 17.9 Å². The molecule has 1 saturated heterocycles. The Balaban J connectivity index is 1.48. The van der Waals surface area contributed by atoms with Crippen LogP contribution in [0.4, 0.5) is 0 Å². The number of hydrogen-bond acceptors (Lipinski definition) is 5. The van der Waals surface area contributed by atoms with Gasteiger partial charge in [-0.15, -0.1) is 0 Å². The molecular weight excluding hydrogens is 390 g/mol. The first kappa shape index (κ1) is 21.3. The van der Waals surface area contributed by atoms with Crippen molar-refractivity contribution in [1.29, 1.82) is 0 Å². The third kappa shape index (κ3) is 5.77. The highest BCUT2D eigenvalue weighted by Gasteiger charge is 2.25. The van der Waals surface area contributed by atoms with Crippen LogP contribution in [-0.4, -0.2) is 50.5 Å². The Bertz CT molecular complexity index is 893. The first-order valence-corrected chi connectivity index (χ1v) is 11.4. The topological polar surface area (TPSA) is 88.6 Å². The summed E-state index contributed by atoms with van der Waals surface area (Å²) in [4.78, 5) is 18.5. The van der Waals surface area contributed by atoms with Crippen LogP contribution in [0.5, 0.6) is 5.75 Å². The van der Waals surface area contributed by atoms with Crippen molar-refractivity contribution in [2.75, 3.05) is 26.2 Å². The summed E-state index contributed by atoms with van der Waals surface area (Å²) >= 11 is 0. The van der Waals surface area contributed by atoms with Gasteiger partial charge in [-0.05, 0) is 61.6 Å². The summed E-state index contributed by atoms with van der Waals surface area (Å²) in [6.07, 6.45) is 5.65. The SMILES string of the molecule is CCCOc1ccc(S(=O)(=O)NCC2CCN(C(=O)c3ccncc3)CC2)cc1. The smallest absolute Gasteiger partial charge is 0.253 e. The molecule has 156 valence electrons. The van der Waals surface area contributed by atoms with Gasteiger partial charge in [0.05, 0.1) is 11.5 Å². The summed E-state index contributed by atoms with van der Waals surface area (Å²) in [6, 6.07) is 9.88. The van der Waals surface area contributed by atoms with Crippen molar-refractivity contribution in [3.05, 3.63) is 54.4 Å². The zero-order valence-corrected chi connectivity index (χ0v) is 17.4. The molecule has 1 aromatic carbocycles. The monoisotopic (exact) mass is 417 g/mol. The molecule has 0 atom stereocenters. The lowest BCUT2D eigenvalue weighted by atomic mass is 9.97. The van der Waals surface area contributed by atoms with Gasteiger partial charge in [0.25, 0.3) is 5.91 Å². The molecule has 1 N–H and O–H groups in total. The Labute approximate surface area is 172 Å². The minimum atomic E-state index is -3.56. The highest BCUT2D eigenvalue weighted by molar-refractivity contribution is 7.89. The number of likely N-dealkylation sites (tertiary alicyclic amines) is 1. The quantitative estimate of drug-likeness (QED) is 0.713. The van der Waals surface area contributed by atoms with Crippen molar-refractivity contribution in [3.8, 4) is 5.75 Å². The molecule has 7 nitrogen and oxygen atoms in total. The number of rotatable bonds is 8. The third-order valence-corrected chi connectivity index (χ3v) is 6.44. The standard InChI is InChI=1S/C21H27N3O4S/c1-2-15-28-19-3-5-20(6-4-19)29(26,27)23-16-17-9-13-24(14-10-17)21(25)18-7-11-22-12-8-18/h3-8,11-12,17,23H,2,9-10,13-16H2,1H3. The normalized spacial score (nSPS) is 15.3. The van der Waals surface area contributed by atoms with Gasteiger partial charge in [-0.3, -0.25) is 9.78 Å². The molecule has 1 aliphatic heterocycles. The lowest BCUT2D eigenvalue weighted by Gasteiger charge is -2.32. The van der Waals surface area contributed by atoms with Crippen LogP contribution in [0.3, 0.4) is 0 Å². The second kappa shape index (κ2) is 9.84. The van der Waals surface area contributed by atoms with Gasteiger partial charge >= 0.3 is 0 Å². The number of ether oxygens (including phenoxy) is 1. The van der Waals surface area contributed by atoms with E-state index < -0.39 is 10.0 Å². The fourth-order valence-electron chi connectivity index (χ4n) is 3.26. The lowest BCUT2D eigenvalue weighted by Crippen LogP contribution is -2.41. The number of sulfonamides is 1. The van der Waals surface area contributed by atoms with Crippen LogP contribution in [0, 0.1) is 5.92 Å². The zero-order chi connectivity index (χ0) is 20.7. The number of pyridine rings is 1. The summed E-state index contributed by atoms with van der Waals surface area (Å²) in [5, 5.41) is 0. The number of piperidine rings is 1. The van der Waals surface area contributed by atoms with Gasteiger partial charge in [-0.1, -0.05) is 6.92 Å². The first-order chi connectivity index (χ1) is 14.0. The average Bonchev–Trinajstić information content (AvgIpc) is 2.77. The number of carbonyl (C=O) groups is 1. The van der Waals surface area contributed by atoms with E-state index in [4.69, 9.17) is 4.74 Å². The van der Waals surface area contributed by atoms with Crippen molar-refractivity contribution in [3.63, 3.8) is 0 Å².